The molecule has 2 heterocycles. The average Bonchev–Trinajstić information content (AvgIpc) is 2.41. The number of nitrogens with zero attached hydrogens (tertiary/aromatic N) is 2. The van der Waals surface area contributed by atoms with Gasteiger partial charge in [0.15, 0.2) is 16.8 Å². The van der Waals surface area contributed by atoms with E-state index in [1.54, 1.807) is 0 Å². The van der Waals surface area contributed by atoms with Crippen LogP contribution in [0.4, 0.5) is 8.78 Å². The van der Waals surface area contributed by atoms with Crippen LogP contribution in [0.15, 0.2) is 24.4 Å². The second-order valence-electron chi connectivity index (χ2n) is 3.51. The third kappa shape index (κ3) is 2.68. The first kappa shape index (κ1) is 13.4. The fourth-order valence-electron chi connectivity index (χ4n) is 1.41. The molecule has 0 aliphatic heterocycles. The van der Waals surface area contributed by atoms with Crippen molar-refractivity contribution in [3.05, 3.63) is 46.7 Å². The molecule has 0 atom stereocenters. The number of carbonyl (C=O) groups is 1. The molecule has 0 spiro atoms. The van der Waals surface area contributed by atoms with E-state index in [9.17, 15) is 13.6 Å². The van der Waals surface area contributed by atoms with E-state index in [-0.39, 0.29) is 22.1 Å². The Hall–Kier alpha value is -2.08. The van der Waals surface area contributed by atoms with Crippen LogP contribution in [0.2, 0.25) is 5.15 Å². The van der Waals surface area contributed by atoms with Gasteiger partial charge in [0.2, 0.25) is 0 Å². The number of esters is 1. The van der Waals surface area contributed by atoms with Crippen LogP contribution in [-0.4, -0.2) is 23.0 Å². The van der Waals surface area contributed by atoms with Gasteiger partial charge in [0, 0.05) is 0 Å². The van der Waals surface area contributed by atoms with Crippen molar-refractivity contribution in [1.29, 1.82) is 0 Å². The summed E-state index contributed by atoms with van der Waals surface area (Å²) in [5.41, 5.74) is 0.120. The van der Waals surface area contributed by atoms with Crippen LogP contribution in [0, 0.1) is 11.6 Å². The molecule has 0 radical (unpaired) electrons. The molecule has 0 N–H and O–H groups in total. The highest BCUT2D eigenvalue weighted by atomic mass is 35.5. The maximum atomic E-state index is 13.4. The molecule has 98 valence electrons. The largest absolute Gasteiger partial charge is 0.465 e. The van der Waals surface area contributed by atoms with E-state index in [1.165, 1.54) is 6.07 Å². The van der Waals surface area contributed by atoms with Gasteiger partial charge in [-0.25, -0.2) is 18.6 Å². The molecule has 0 aliphatic rings. The van der Waals surface area contributed by atoms with E-state index in [0.29, 0.717) is 0 Å². The van der Waals surface area contributed by atoms with Crippen LogP contribution in [0.3, 0.4) is 0 Å². The molecular formula is C12H7ClF2N2O2. The normalized spacial score (nSPS) is 10.3. The van der Waals surface area contributed by atoms with E-state index in [0.717, 1.165) is 25.4 Å². The summed E-state index contributed by atoms with van der Waals surface area (Å²) in [6.45, 7) is 0. The predicted molar refractivity (Wildman–Crippen MR) is 63.7 cm³/mol. The summed E-state index contributed by atoms with van der Waals surface area (Å²) < 4.78 is 30.8. The van der Waals surface area contributed by atoms with Crippen LogP contribution in [0.5, 0.6) is 0 Å². The SMILES string of the molecule is COC(=O)c1cc(-c2ccc(F)c(Cl)n2)ncc1F. The van der Waals surface area contributed by atoms with Gasteiger partial charge in [-0.2, -0.15) is 0 Å². The lowest BCUT2D eigenvalue weighted by Gasteiger charge is -2.05. The molecule has 2 aromatic rings. The lowest BCUT2D eigenvalue weighted by molar-refractivity contribution is 0.0595. The number of hydrogen-bond acceptors (Lipinski definition) is 4. The molecule has 2 rings (SSSR count). The first-order valence-electron chi connectivity index (χ1n) is 5.09. The second-order valence-corrected chi connectivity index (χ2v) is 3.87. The molecule has 0 saturated carbocycles. The van der Waals surface area contributed by atoms with Crippen molar-refractivity contribution in [2.45, 2.75) is 0 Å². The van der Waals surface area contributed by atoms with Crippen LogP contribution in [0.25, 0.3) is 11.4 Å². The van der Waals surface area contributed by atoms with Crippen molar-refractivity contribution in [3.63, 3.8) is 0 Å². The molecule has 0 aromatic carbocycles. The summed E-state index contributed by atoms with van der Waals surface area (Å²) in [5, 5.41) is -0.330. The Morgan fingerprint density at radius 3 is 2.63 bits per heavy atom. The third-order valence-electron chi connectivity index (χ3n) is 2.33. The number of hydrogen-bond donors (Lipinski definition) is 0. The molecule has 0 fully saturated rings. The monoisotopic (exact) mass is 284 g/mol. The minimum absolute atomic E-state index is 0.184. The lowest BCUT2D eigenvalue weighted by Crippen LogP contribution is -2.06. The number of pyridine rings is 2. The van der Waals surface area contributed by atoms with Gasteiger partial charge in [0.25, 0.3) is 0 Å². The van der Waals surface area contributed by atoms with Gasteiger partial charge in [-0.1, -0.05) is 11.6 Å². The molecule has 0 amide bonds. The smallest absolute Gasteiger partial charge is 0.340 e. The fraction of sp³-hybridized carbons (Fsp3) is 0.0833. The maximum Gasteiger partial charge on any atom is 0.340 e. The summed E-state index contributed by atoms with van der Waals surface area (Å²) in [4.78, 5) is 18.9. The van der Waals surface area contributed by atoms with Crippen LogP contribution in [0.1, 0.15) is 10.4 Å². The molecule has 4 nitrogen and oxygen atoms in total. The molecule has 0 bridgehead atoms. The summed E-state index contributed by atoms with van der Waals surface area (Å²) >= 11 is 5.55. The highest BCUT2D eigenvalue weighted by Crippen LogP contribution is 2.21. The minimum atomic E-state index is -0.839. The maximum absolute atomic E-state index is 13.4. The highest BCUT2D eigenvalue weighted by molar-refractivity contribution is 6.29. The number of halogens is 3. The van der Waals surface area contributed by atoms with E-state index in [1.807, 2.05) is 0 Å². The Bertz CT molecular complexity index is 650. The highest BCUT2D eigenvalue weighted by Gasteiger charge is 2.15. The van der Waals surface area contributed by atoms with Crippen LogP contribution >= 0.6 is 11.6 Å². The second kappa shape index (κ2) is 5.27. The molecule has 0 unspecified atom stereocenters. The topological polar surface area (TPSA) is 52.1 Å². The molecule has 7 heteroatoms. The predicted octanol–water partition coefficient (Wildman–Crippen LogP) is 2.86. The Labute approximate surface area is 112 Å². The average molecular weight is 285 g/mol. The van der Waals surface area contributed by atoms with Crippen molar-refractivity contribution in [3.8, 4) is 11.4 Å². The number of aromatic nitrogens is 2. The number of carbonyl (C=O) groups excluding carboxylic acids is 1. The molecule has 0 saturated heterocycles. The summed E-state index contributed by atoms with van der Waals surface area (Å²) in [6, 6.07) is 3.59. The number of rotatable bonds is 2. The van der Waals surface area contributed by atoms with Gasteiger partial charge in [-0.05, 0) is 18.2 Å². The minimum Gasteiger partial charge on any atom is -0.465 e. The Kier molecular flexibility index (Phi) is 3.71. The van der Waals surface area contributed by atoms with Gasteiger partial charge in [0.1, 0.15) is 0 Å². The van der Waals surface area contributed by atoms with Gasteiger partial charge in [-0.15, -0.1) is 0 Å². The summed E-state index contributed by atoms with van der Waals surface area (Å²) in [5.74, 6) is -2.33. The van der Waals surface area contributed by atoms with Crippen molar-refractivity contribution in [2.75, 3.05) is 7.11 Å². The first-order valence-corrected chi connectivity index (χ1v) is 5.47. The third-order valence-corrected chi connectivity index (χ3v) is 2.59. The Morgan fingerprint density at radius 1 is 1.26 bits per heavy atom. The lowest BCUT2D eigenvalue weighted by atomic mass is 10.1. The summed E-state index contributed by atoms with van der Waals surface area (Å²) in [7, 11) is 1.13. The fourth-order valence-corrected chi connectivity index (χ4v) is 1.56. The number of methoxy groups -OCH3 is 1. The zero-order chi connectivity index (χ0) is 14.0. The molecule has 19 heavy (non-hydrogen) atoms. The van der Waals surface area contributed by atoms with E-state index in [4.69, 9.17) is 11.6 Å². The standard InChI is InChI=1S/C12H7ClF2N2O2/c1-19-12(18)6-4-10(16-5-8(6)15)9-3-2-7(14)11(13)17-9/h2-5H,1H3. The molecular weight excluding hydrogens is 278 g/mol. The zero-order valence-electron chi connectivity index (χ0n) is 9.65. The van der Waals surface area contributed by atoms with Crippen LogP contribution in [-0.2, 0) is 4.74 Å². The Morgan fingerprint density at radius 2 is 2.00 bits per heavy atom. The van der Waals surface area contributed by atoms with E-state index < -0.39 is 17.6 Å². The molecule has 2 aromatic heterocycles. The summed E-state index contributed by atoms with van der Waals surface area (Å²) in [6.07, 6.45) is 0.862. The van der Waals surface area contributed by atoms with Gasteiger partial charge >= 0.3 is 5.97 Å². The number of ether oxygens (including phenoxy) is 1. The zero-order valence-corrected chi connectivity index (χ0v) is 10.4. The molecule has 0 aliphatic carbocycles. The van der Waals surface area contributed by atoms with E-state index in [2.05, 4.69) is 14.7 Å². The van der Waals surface area contributed by atoms with Crippen molar-refractivity contribution < 1.29 is 18.3 Å². The Balaban J connectivity index is 2.51. The van der Waals surface area contributed by atoms with Crippen LogP contribution < -0.4 is 0 Å². The van der Waals surface area contributed by atoms with E-state index >= 15 is 0 Å². The van der Waals surface area contributed by atoms with Gasteiger partial charge in [-0.3, -0.25) is 4.98 Å². The quantitative estimate of drug-likeness (QED) is 0.628. The van der Waals surface area contributed by atoms with Crippen molar-refractivity contribution in [2.24, 2.45) is 0 Å². The van der Waals surface area contributed by atoms with Crippen molar-refractivity contribution >= 4 is 17.6 Å². The van der Waals surface area contributed by atoms with Crippen molar-refractivity contribution in [1.82, 2.24) is 9.97 Å². The van der Waals surface area contributed by atoms with Gasteiger partial charge < -0.3 is 4.74 Å². The van der Waals surface area contributed by atoms with Gasteiger partial charge in [0.05, 0.1) is 30.3 Å². The first-order chi connectivity index (χ1) is 9.02.